The highest BCUT2D eigenvalue weighted by atomic mass is 32.2. The van der Waals surface area contributed by atoms with Gasteiger partial charge in [0.15, 0.2) is 9.84 Å². The van der Waals surface area contributed by atoms with Crippen molar-refractivity contribution in [2.75, 3.05) is 12.4 Å². The Morgan fingerprint density at radius 1 is 1.33 bits per heavy atom. The summed E-state index contributed by atoms with van der Waals surface area (Å²) < 4.78 is 34.1. The van der Waals surface area contributed by atoms with Crippen LogP contribution in [0.4, 0.5) is 0 Å². The molecule has 120 valence electrons. The van der Waals surface area contributed by atoms with E-state index in [0.717, 1.165) is 12.8 Å². The van der Waals surface area contributed by atoms with Crippen LogP contribution in [0.5, 0.6) is 0 Å². The Bertz CT molecular complexity index is 516. The first-order chi connectivity index (χ1) is 9.72. The Balaban J connectivity index is 1.86. The second kappa shape index (κ2) is 5.94. The summed E-state index contributed by atoms with van der Waals surface area (Å²) in [6.45, 7) is 3.74. The number of hydrogen-bond acceptors (Lipinski definition) is 6. The van der Waals surface area contributed by atoms with E-state index in [1.54, 1.807) is 13.8 Å². The van der Waals surface area contributed by atoms with Crippen molar-refractivity contribution in [3.63, 3.8) is 0 Å². The SMILES string of the molecule is CC1(C)COC(=O)[C@@H]1OC(=O)CCS(=O)(=O)C1CCCC1. The monoisotopic (exact) mass is 318 g/mol. The van der Waals surface area contributed by atoms with E-state index >= 15 is 0 Å². The number of ether oxygens (including phenoxy) is 2. The molecular formula is C14H22O6S. The normalized spacial score (nSPS) is 25.8. The van der Waals surface area contributed by atoms with Crippen molar-refractivity contribution in [2.45, 2.75) is 57.3 Å². The van der Waals surface area contributed by atoms with E-state index in [2.05, 4.69) is 0 Å². The second-order valence-electron chi connectivity index (χ2n) is 6.49. The van der Waals surface area contributed by atoms with Crippen LogP contribution in [0.3, 0.4) is 0 Å². The molecule has 0 N–H and O–H groups in total. The topological polar surface area (TPSA) is 86.7 Å². The van der Waals surface area contributed by atoms with Gasteiger partial charge in [0.05, 0.1) is 17.4 Å². The van der Waals surface area contributed by atoms with Gasteiger partial charge in [-0.2, -0.15) is 0 Å². The maximum Gasteiger partial charge on any atom is 0.348 e. The third kappa shape index (κ3) is 3.75. The van der Waals surface area contributed by atoms with E-state index in [4.69, 9.17) is 9.47 Å². The Hall–Kier alpha value is -1.11. The number of carbonyl (C=O) groups is 2. The first kappa shape index (κ1) is 16.3. The lowest BCUT2D eigenvalue weighted by Crippen LogP contribution is -2.35. The first-order valence-corrected chi connectivity index (χ1v) is 9.01. The van der Waals surface area contributed by atoms with Crippen LogP contribution in [0.15, 0.2) is 0 Å². The summed E-state index contributed by atoms with van der Waals surface area (Å²) >= 11 is 0. The molecule has 2 fully saturated rings. The maximum absolute atomic E-state index is 12.1. The van der Waals surface area contributed by atoms with Gasteiger partial charge in [-0.05, 0) is 12.8 Å². The van der Waals surface area contributed by atoms with Crippen molar-refractivity contribution in [1.29, 1.82) is 0 Å². The summed E-state index contributed by atoms with van der Waals surface area (Å²) in [6, 6.07) is 0. The molecule has 1 atom stereocenters. The van der Waals surface area contributed by atoms with E-state index < -0.39 is 33.3 Å². The molecule has 0 aromatic heterocycles. The average Bonchev–Trinajstić information content (AvgIpc) is 3.01. The van der Waals surface area contributed by atoms with Gasteiger partial charge in [-0.15, -0.1) is 0 Å². The molecule has 2 rings (SSSR count). The molecule has 0 radical (unpaired) electrons. The molecule has 1 heterocycles. The molecule has 0 unspecified atom stereocenters. The van der Waals surface area contributed by atoms with Gasteiger partial charge in [-0.1, -0.05) is 26.7 Å². The molecule has 0 amide bonds. The zero-order valence-electron chi connectivity index (χ0n) is 12.5. The Morgan fingerprint density at radius 3 is 2.48 bits per heavy atom. The quantitative estimate of drug-likeness (QED) is 0.709. The summed E-state index contributed by atoms with van der Waals surface area (Å²) in [5.74, 6) is -1.43. The van der Waals surface area contributed by atoms with Gasteiger partial charge >= 0.3 is 11.9 Å². The Labute approximate surface area is 125 Å². The van der Waals surface area contributed by atoms with Crippen LogP contribution < -0.4 is 0 Å². The highest BCUT2D eigenvalue weighted by Crippen LogP contribution is 2.31. The van der Waals surface area contributed by atoms with Gasteiger partial charge in [0.25, 0.3) is 0 Å². The lowest BCUT2D eigenvalue weighted by Gasteiger charge is -2.21. The van der Waals surface area contributed by atoms with Crippen LogP contribution in [0.2, 0.25) is 0 Å². The van der Waals surface area contributed by atoms with Gasteiger partial charge in [-0.25, -0.2) is 13.2 Å². The molecule has 1 saturated carbocycles. The van der Waals surface area contributed by atoms with Crippen LogP contribution >= 0.6 is 0 Å². The zero-order chi connectivity index (χ0) is 15.7. The molecule has 7 heteroatoms. The molecule has 0 bridgehead atoms. The number of sulfone groups is 1. The lowest BCUT2D eigenvalue weighted by atomic mass is 9.90. The molecule has 1 aliphatic carbocycles. The predicted octanol–water partition coefficient (Wildman–Crippen LogP) is 1.23. The number of esters is 2. The van der Waals surface area contributed by atoms with Crippen molar-refractivity contribution in [3.8, 4) is 0 Å². The van der Waals surface area contributed by atoms with Crippen LogP contribution in [-0.4, -0.2) is 44.1 Å². The summed E-state index contributed by atoms with van der Waals surface area (Å²) in [6.07, 6.45) is 2.06. The molecule has 1 saturated heterocycles. The molecule has 1 aliphatic heterocycles. The van der Waals surface area contributed by atoms with Crippen LogP contribution in [0.25, 0.3) is 0 Å². The van der Waals surface area contributed by atoms with E-state index in [1.165, 1.54) is 0 Å². The molecule has 0 aromatic rings. The van der Waals surface area contributed by atoms with Crippen molar-refractivity contribution in [1.82, 2.24) is 0 Å². The predicted molar refractivity (Wildman–Crippen MR) is 75.3 cm³/mol. The number of cyclic esters (lactones) is 1. The van der Waals surface area contributed by atoms with Gasteiger partial charge < -0.3 is 9.47 Å². The molecule has 21 heavy (non-hydrogen) atoms. The minimum atomic E-state index is -3.25. The van der Waals surface area contributed by atoms with Gasteiger partial charge in [0.1, 0.15) is 6.61 Å². The van der Waals surface area contributed by atoms with Crippen molar-refractivity contribution >= 4 is 21.8 Å². The highest BCUT2D eigenvalue weighted by molar-refractivity contribution is 7.92. The van der Waals surface area contributed by atoms with E-state index in [1.807, 2.05) is 0 Å². The summed E-state index contributed by atoms with van der Waals surface area (Å²) in [5.41, 5.74) is -0.572. The molecule has 2 aliphatic rings. The first-order valence-electron chi connectivity index (χ1n) is 7.30. The van der Waals surface area contributed by atoms with Crippen LogP contribution in [0, 0.1) is 5.41 Å². The van der Waals surface area contributed by atoms with Gasteiger partial charge in [0.2, 0.25) is 6.10 Å². The van der Waals surface area contributed by atoms with E-state index in [9.17, 15) is 18.0 Å². The van der Waals surface area contributed by atoms with Gasteiger partial charge in [0, 0.05) is 5.41 Å². The summed E-state index contributed by atoms with van der Waals surface area (Å²) in [5, 5.41) is -0.321. The molecular weight excluding hydrogens is 296 g/mol. The molecule has 0 aromatic carbocycles. The minimum absolute atomic E-state index is 0.199. The van der Waals surface area contributed by atoms with Crippen molar-refractivity contribution in [2.24, 2.45) is 5.41 Å². The summed E-state index contributed by atoms with van der Waals surface area (Å²) in [4.78, 5) is 23.3. The van der Waals surface area contributed by atoms with E-state index in [-0.39, 0.29) is 24.0 Å². The number of hydrogen-bond donors (Lipinski definition) is 0. The Morgan fingerprint density at radius 2 is 1.95 bits per heavy atom. The zero-order valence-corrected chi connectivity index (χ0v) is 13.3. The minimum Gasteiger partial charge on any atom is -0.462 e. The third-order valence-electron chi connectivity index (χ3n) is 4.16. The smallest absolute Gasteiger partial charge is 0.348 e. The largest absolute Gasteiger partial charge is 0.462 e. The van der Waals surface area contributed by atoms with Crippen LogP contribution in [0.1, 0.15) is 46.0 Å². The Kier molecular flexibility index (Phi) is 4.60. The fourth-order valence-corrected chi connectivity index (χ4v) is 4.60. The number of carbonyl (C=O) groups excluding carboxylic acids is 2. The van der Waals surface area contributed by atoms with Crippen LogP contribution in [-0.2, 0) is 28.9 Å². The maximum atomic E-state index is 12.1. The standard InChI is InChI=1S/C14H22O6S/c1-14(2)9-19-13(16)12(14)20-11(15)7-8-21(17,18)10-5-3-4-6-10/h10,12H,3-9H2,1-2H3/t12-/m0/s1. The fourth-order valence-electron chi connectivity index (χ4n) is 2.77. The average molecular weight is 318 g/mol. The van der Waals surface area contributed by atoms with Crippen molar-refractivity contribution < 1.29 is 27.5 Å². The molecule has 0 spiro atoms. The second-order valence-corrected chi connectivity index (χ2v) is 8.89. The number of rotatable bonds is 5. The van der Waals surface area contributed by atoms with Gasteiger partial charge in [-0.3, -0.25) is 4.79 Å². The summed E-state index contributed by atoms with van der Waals surface area (Å²) in [7, 11) is -3.25. The fraction of sp³-hybridized carbons (Fsp3) is 0.857. The molecule has 6 nitrogen and oxygen atoms in total. The third-order valence-corrected chi connectivity index (χ3v) is 6.42. The highest BCUT2D eigenvalue weighted by Gasteiger charge is 2.46. The lowest BCUT2D eigenvalue weighted by molar-refractivity contribution is -0.162. The van der Waals surface area contributed by atoms with E-state index in [0.29, 0.717) is 12.8 Å². The van der Waals surface area contributed by atoms with Crippen molar-refractivity contribution in [3.05, 3.63) is 0 Å².